The molecule has 1 unspecified atom stereocenters. The molecular weight excluding hydrogens is 224 g/mol. The van der Waals surface area contributed by atoms with E-state index in [1.54, 1.807) is 0 Å². The minimum absolute atomic E-state index is 0.181. The summed E-state index contributed by atoms with van der Waals surface area (Å²) in [5, 5.41) is 0.795. The second-order valence-electron chi connectivity index (χ2n) is 4.48. The second-order valence-corrected chi connectivity index (χ2v) is 4.48. The van der Waals surface area contributed by atoms with Crippen LogP contribution in [0.2, 0.25) is 0 Å². The molecular formula is C15H20N2O. The molecule has 0 fully saturated rings. The molecule has 0 saturated heterocycles. The highest BCUT2D eigenvalue weighted by Gasteiger charge is 2.27. The lowest BCUT2D eigenvalue weighted by Crippen LogP contribution is -2.14. The van der Waals surface area contributed by atoms with Gasteiger partial charge in [-0.2, -0.15) is 0 Å². The van der Waals surface area contributed by atoms with E-state index in [-0.39, 0.29) is 5.43 Å². The Labute approximate surface area is 107 Å². The summed E-state index contributed by atoms with van der Waals surface area (Å²) in [6.45, 7) is 6.87. The van der Waals surface area contributed by atoms with Crippen molar-refractivity contribution in [2.45, 2.75) is 33.4 Å². The third kappa shape index (κ3) is 1.85. The van der Waals surface area contributed by atoms with E-state index in [2.05, 4.69) is 16.8 Å². The SMILES string of the molecule is CC.CC1c2[nH]c3ccccc3c(=O)c2CN1C. The van der Waals surface area contributed by atoms with Gasteiger partial charge in [0.1, 0.15) is 0 Å². The fourth-order valence-corrected chi connectivity index (χ4v) is 2.42. The predicted octanol–water partition coefficient (Wildman–Crippen LogP) is 3.06. The van der Waals surface area contributed by atoms with Gasteiger partial charge in [-0.3, -0.25) is 9.69 Å². The Kier molecular flexibility index (Phi) is 3.53. The molecule has 1 aromatic heterocycles. The molecule has 1 aliphatic rings. The van der Waals surface area contributed by atoms with Crippen LogP contribution in [0.5, 0.6) is 0 Å². The van der Waals surface area contributed by atoms with Crippen LogP contribution in [0.3, 0.4) is 0 Å². The first kappa shape index (κ1) is 12.8. The van der Waals surface area contributed by atoms with Crippen molar-refractivity contribution >= 4 is 10.9 Å². The van der Waals surface area contributed by atoms with Crippen molar-refractivity contribution in [1.29, 1.82) is 0 Å². The first-order valence-electron chi connectivity index (χ1n) is 6.52. The van der Waals surface area contributed by atoms with Crippen molar-refractivity contribution in [1.82, 2.24) is 9.88 Å². The maximum Gasteiger partial charge on any atom is 0.194 e. The molecule has 0 bridgehead atoms. The predicted molar refractivity (Wildman–Crippen MR) is 75.8 cm³/mol. The average molecular weight is 244 g/mol. The number of para-hydroxylation sites is 1. The molecule has 18 heavy (non-hydrogen) atoms. The molecule has 1 aromatic carbocycles. The minimum atomic E-state index is 0.181. The molecule has 1 aliphatic heterocycles. The lowest BCUT2D eigenvalue weighted by atomic mass is 10.1. The highest BCUT2D eigenvalue weighted by molar-refractivity contribution is 5.79. The van der Waals surface area contributed by atoms with E-state index in [0.717, 1.165) is 28.7 Å². The summed E-state index contributed by atoms with van der Waals surface area (Å²) in [5.41, 5.74) is 3.12. The quantitative estimate of drug-likeness (QED) is 0.773. The van der Waals surface area contributed by atoms with Gasteiger partial charge < -0.3 is 4.98 Å². The van der Waals surface area contributed by atoms with Crippen molar-refractivity contribution in [2.75, 3.05) is 7.05 Å². The van der Waals surface area contributed by atoms with Gasteiger partial charge in [-0.05, 0) is 26.1 Å². The third-order valence-corrected chi connectivity index (χ3v) is 3.53. The maximum absolute atomic E-state index is 12.3. The van der Waals surface area contributed by atoms with Crippen LogP contribution in [-0.2, 0) is 6.54 Å². The van der Waals surface area contributed by atoms with Gasteiger partial charge >= 0.3 is 0 Å². The zero-order chi connectivity index (χ0) is 13.3. The number of H-pyrrole nitrogens is 1. The van der Waals surface area contributed by atoms with Crippen LogP contribution in [0.25, 0.3) is 10.9 Å². The number of benzene rings is 1. The largest absolute Gasteiger partial charge is 0.357 e. The highest BCUT2D eigenvalue weighted by atomic mass is 16.1. The topological polar surface area (TPSA) is 36.1 Å². The maximum atomic E-state index is 12.3. The van der Waals surface area contributed by atoms with Gasteiger partial charge in [0, 0.05) is 34.7 Å². The molecule has 1 N–H and O–H groups in total. The molecule has 3 rings (SSSR count). The van der Waals surface area contributed by atoms with Gasteiger partial charge in [0.25, 0.3) is 0 Å². The Bertz CT molecular complexity index is 615. The summed E-state index contributed by atoms with van der Waals surface area (Å²) in [6, 6.07) is 8.01. The number of nitrogens with one attached hydrogen (secondary N) is 1. The molecule has 0 amide bonds. The first-order chi connectivity index (χ1) is 8.68. The lowest BCUT2D eigenvalue weighted by molar-refractivity contribution is 0.283. The van der Waals surface area contributed by atoms with Crippen molar-refractivity contribution in [3.05, 3.63) is 45.7 Å². The van der Waals surface area contributed by atoms with Crippen LogP contribution in [0.15, 0.2) is 29.1 Å². The summed E-state index contributed by atoms with van der Waals surface area (Å²) in [4.78, 5) is 17.8. The molecule has 2 heterocycles. The molecule has 0 saturated carbocycles. The van der Waals surface area contributed by atoms with Gasteiger partial charge in [-0.1, -0.05) is 26.0 Å². The van der Waals surface area contributed by atoms with Gasteiger partial charge in [-0.15, -0.1) is 0 Å². The second kappa shape index (κ2) is 4.94. The number of nitrogens with zero attached hydrogens (tertiary/aromatic N) is 1. The average Bonchev–Trinajstić information content (AvgIpc) is 2.70. The summed E-state index contributed by atoms with van der Waals surface area (Å²) in [7, 11) is 2.04. The minimum Gasteiger partial charge on any atom is -0.357 e. The van der Waals surface area contributed by atoms with E-state index in [0.29, 0.717) is 6.04 Å². The highest BCUT2D eigenvalue weighted by Crippen LogP contribution is 2.29. The van der Waals surface area contributed by atoms with E-state index in [1.165, 1.54) is 0 Å². The van der Waals surface area contributed by atoms with Crippen LogP contribution in [0.1, 0.15) is 38.1 Å². The first-order valence-corrected chi connectivity index (χ1v) is 6.52. The fourth-order valence-electron chi connectivity index (χ4n) is 2.42. The Hall–Kier alpha value is -1.61. The van der Waals surface area contributed by atoms with E-state index >= 15 is 0 Å². The Morgan fingerprint density at radius 1 is 1.28 bits per heavy atom. The van der Waals surface area contributed by atoms with E-state index < -0.39 is 0 Å². The number of rotatable bonds is 0. The van der Waals surface area contributed by atoms with Gasteiger partial charge in [-0.25, -0.2) is 0 Å². The molecule has 2 aromatic rings. The zero-order valence-corrected chi connectivity index (χ0v) is 11.4. The molecule has 0 radical (unpaired) electrons. The summed E-state index contributed by atoms with van der Waals surface area (Å²) >= 11 is 0. The van der Waals surface area contributed by atoms with E-state index in [4.69, 9.17) is 0 Å². The molecule has 1 atom stereocenters. The fraction of sp³-hybridized carbons (Fsp3) is 0.400. The van der Waals surface area contributed by atoms with Crippen molar-refractivity contribution in [2.24, 2.45) is 0 Å². The zero-order valence-electron chi connectivity index (χ0n) is 11.4. The van der Waals surface area contributed by atoms with Crippen LogP contribution >= 0.6 is 0 Å². The number of fused-ring (bicyclic) bond motifs is 2. The summed E-state index contributed by atoms with van der Waals surface area (Å²) in [6.07, 6.45) is 0. The molecule has 96 valence electrons. The summed E-state index contributed by atoms with van der Waals surface area (Å²) in [5.74, 6) is 0. The standard InChI is InChI=1S/C13H14N2O.C2H6/c1-8-12-10(7-15(8)2)13(16)9-5-3-4-6-11(9)14-12;1-2/h3-6,8H,7H2,1-2H3,(H,14,16);1-2H3. The lowest BCUT2D eigenvalue weighted by Gasteiger charge is -2.14. The Morgan fingerprint density at radius 3 is 2.67 bits per heavy atom. The summed E-state index contributed by atoms with van der Waals surface area (Å²) < 4.78 is 0. The van der Waals surface area contributed by atoms with Gasteiger partial charge in [0.2, 0.25) is 0 Å². The number of pyridine rings is 1. The number of hydrogen-bond acceptors (Lipinski definition) is 2. The smallest absolute Gasteiger partial charge is 0.194 e. The Balaban J connectivity index is 0.000000574. The van der Waals surface area contributed by atoms with E-state index in [9.17, 15) is 4.79 Å². The number of aromatic amines is 1. The monoisotopic (exact) mass is 244 g/mol. The van der Waals surface area contributed by atoms with Crippen molar-refractivity contribution in [3.8, 4) is 0 Å². The Morgan fingerprint density at radius 2 is 1.94 bits per heavy atom. The normalized spacial score (nSPS) is 18.3. The molecule has 3 heteroatoms. The van der Waals surface area contributed by atoms with Crippen LogP contribution < -0.4 is 5.43 Å². The van der Waals surface area contributed by atoms with Crippen molar-refractivity contribution < 1.29 is 0 Å². The van der Waals surface area contributed by atoms with Crippen molar-refractivity contribution in [3.63, 3.8) is 0 Å². The van der Waals surface area contributed by atoms with Gasteiger partial charge in [0.15, 0.2) is 5.43 Å². The van der Waals surface area contributed by atoms with Gasteiger partial charge in [0.05, 0.1) is 0 Å². The molecule has 0 spiro atoms. The molecule has 3 nitrogen and oxygen atoms in total. The van der Waals surface area contributed by atoms with E-state index in [1.807, 2.05) is 45.2 Å². The third-order valence-electron chi connectivity index (χ3n) is 3.53. The van der Waals surface area contributed by atoms with Crippen LogP contribution in [-0.4, -0.2) is 16.9 Å². The van der Waals surface area contributed by atoms with Crippen LogP contribution in [0.4, 0.5) is 0 Å². The number of hydrogen-bond donors (Lipinski definition) is 1. The molecule has 0 aliphatic carbocycles. The van der Waals surface area contributed by atoms with Crippen LogP contribution in [0, 0.1) is 0 Å². The number of aromatic nitrogens is 1.